The van der Waals surface area contributed by atoms with Crippen LogP contribution in [0.2, 0.25) is 5.02 Å². The number of aromatic nitrogens is 1. The number of hydrogen-bond donors (Lipinski definition) is 1. The number of ether oxygens (including phenoxy) is 1. The van der Waals surface area contributed by atoms with Crippen LogP contribution in [-0.2, 0) is 13.0 Å². The van der Waals surface area contributed by atoms with Gasteiger partial charge in [-0.3, -0.25) is 0 Å². The first-order valence-electron chi connectivity index (χ1n) is 5.71. The van der Waals surface area contributed by atoms with Gasteiger partial charge in [-0.2, -0.15) is 0 Å². The molecule has 2 N–H and O–H groups in total. The Hall–Kier alpha value is -1.10. The van der Waals surface area contributed by atoms with Gasteiger partial charge in [-0.1, -0.05) is 17.7 Å². The first-order chi connectivity index (χ1) is 8.69. The lowest BCUT2D eigenvalue weighted by molar-refractivity contribution is 0.309. The predicted molar refractivity (Wildman–Crippen MR) is 75.4 cm³/mol. The van der Waals surface area contributed by atoms with Gasteiger partial charge in [0.2, 0.25) is 0 Å². The van der Waals surface area contributed by atoms with Crippen molar-refractivity contribution >= 4 is 22.9 Å². The van der Waals surface area contributed by atoms with Crippen LogP contribution in [0.4, 0.5) is 0 Å². The van der Waals surface area contributed by atoms with Crippen molar-refractivity contribution in [2.24, 2.45) is 5.73 Å². The lowest BCUT2D eigenvalue weighted by atomic mass is 10.1. The van der Waals surface area contributed by atoms with Crippen LogP contribution in [0.25, 0.3) is 0 Å². The number of hydrogen-bond acceptors (Lipinski definition) is 4. The largest absolute Gasteiger partial charge is 0.486 e. The van der Waals surface area contributed by atoms with Crippen molar-refractivity contribution in [2.45, 2.75) is 20.0 Å². The third kappa shape index (κ3) is 3.45. The summed E-state index contributed by atoms with van der Waals surface area (Å²) < 4.78 is 5.68. The molecule has 0 atom stereocenters. The van der Waals surface area contributed by atoms with E-state index < -0.39 is 0 Å². The summed E-state index contributed by atoms with van der Waals surface area (Å²) in [6.07, 6.45) is 2.66. The molecule has 18 heavy (non-hydrogen) atoms. The molecule has 2 rings (SSSR count). The summed E-state index contributed by atoms with van der Waals surface area (Å²) in [6.45, 7) is 3.10. The minimum atomic E-state index is 0.501. The molecule has 0 fully saturated rings. The Balaban J connectivity index is 2.01. The average molecular weight is 283 g/mol. The maximum atomic E-state index is 6.16. The van der Waals surface area contributed by atoms with Crippen molar-refractivity contribution in [3.8, 4) is 5.75 Å². The summed E-state index contributed by atoms with van der Waals surface area (Å²) in [7, 11) is 0. The van der Waals surface area contributed by atoms with Gasteiger partial charge >= 0.3 is 0 Å². The Labute approximate surface area is 116 Å². The Bertz CT molecular complexity index is 527. The molecule has 0 unspecified atom stereocenters. The van der Waals surface area contributed by atoms with Crippen LogP contribution < -0.4 is 10.5 Å². The summed E-state index contributed by atoms with van der Waals surface area (Å²) in [6, 6.07) is 5.79. The summed E-state index contributed by atoms with van der Waals surface area (Å²) in [5.74, 6) is 0.698. The number of halogens is 1. The van der Waals surface area contributed by atoms with Gasteiger partial charge in [0.25, 0.3) is 0 Å². The molecule has 0 saturated carbocycles. The van der Waals surface area contributed by atoms with Crippen molar-refractivity contribution in [3.05, 3.63) is 44.9 Å². The molecule has 0 bridgehead atoms. The fourth-order valence-electron chi connectivity index (χ4n) is 1.60. The van der Waals surface area contributed by atoms with E-state index in [1.54, 1.807) is 11.3 Å². The van der Waals surface area contributed by atoms with Gasteiger partial charge in [-0.15, -0.1) is 11.3 Å². The predicted octanol–water partition coefficient (Wildman–Crippen LogP) is 3.19. The standard InChI is InChI=1S/C13H15ClN2OS/c1-9-16-7-11(18-9)8-17-13-3-2-10(4-5-15)6-12(13)14/h2-3,6-7H,4-5,8,15H2,1H3. The molecule has 0 aliphatic rings. The van der Waals surface area contributed by atoms with E-state index in [2.05, 4.69) is 4.98 Å². The molecule has 1 aromatic heterocycles. The van der Waals surface area contributed by atoms with Gasteiger partial charge in [0, 0.05) is 6.20 Å². The fraction of sp³-hybridized carbons (Fsp3) is 0.308. The van der Waals surface area contributed by atoms with E-state index in [4.69, 9.17) is 22.1 Å². The minimum Gasteiger partial charge on any atom is -0.486 e. The maximum Gasteiger partial charge on any atom is 0.138 e. The number of aryl methyl sites for hydroxylation is 1. The molecule has 1 aromatic carbocycles. The van der Waals surface area contributed by atoms with Crippen LogP contribution >= 0.6 is 22.9 Å². The van der Waals surface area contributed by atoms with Gasteiger partial charge in [-0.25, -0.2) is 4.98 Å². The highest BCUT2D eigenvalue weighted by Crippen LogP contribution is 2.27. The van der Waals surface area contributed by atoms with E-state index in [-0.39, 0.29) is 0 Å². The monoisotopic (exact) mass is 282 g/mol. The highest BCUT2D eigenvalue weighted by Gasteiger charge is 2.05. The molecule has 2 aromatic rings. The van der Waals surface area contributed by atoms with Crippen LogP contribution in [0.5, 0.6) is 5.75 Å². The lowest BCUT2D eigenvalue weighted by Crippen LogP contribution is -2.02. The van der Waals surface area contributed by atoms with Gasteiger partial charge in [0.05, 0.1) is 14.9 Å². The second kappa shape index (κ2) is 6.18. The van der Waals surface area contributed by atoms with E-state index in [9.17, 15) is 0 Å². The summed E-state index contributed by atoms with van der Waals surface area (Å²) in [4.78, 5) is 5.27. The zero-order valence-corrected chi connectivity index (χ0v) is 11.7. The van der Waals surface area contributed by atoms with Gasteiger partial charge in [0.15, 0.2) is 0 Å². The molecular formula is C13H15ClN2OS. The SMILES string of the molecule is Cc1ncc(COc2ccc(CCN)cc2Cl)s1. The first kappa shape index (κ1) is 13.3. The summed E-state index contributed by atoms with van der Waals surface area (Å²) in [5.41, 5.74) is 6.63. The highest BCUT2D eigenvalue weighted by atomic mass is 35.5. The van der Waals surface area contributed by atoms with Crippen molar-refractivity contribution in [2.75, 3.05) is 6.54 Å². The number of rotatable bonds is 5. The van der Waals surface area contributed by atoms with Crippen molar-refractivity contribution in [1.29, 1.82) is 0 Å². The smallest absolute Gasteiger partial charge is 0.138 e. The van der Waals surface area contributed by atoms with Crippen LogP contribution in [0, 0.1) is 6.92 Å². The number of nitrogens with zero attached hydrogens (tertiary/aromatic N) is 1. The molecule has 0 amide bonds. The van der Waals surface area contributed by atoms with Gasteiger partial charge in [-0.05, 0) is 37.6 Å². The zero-order valence-electron chi connectivity index (χ0n) is 10.1. The third-order valence-electron chi connectivity index (χ3n) is 2.47. The minimum absolute atomic E-state index is 0.501. The fourth-order valence-corrected chi connectivity index (χ4v) is 2.57. The van der Waals surface area contributed by atoms with Crippen LogP contribution in [0.15, 0.2) is 24.4 Å². The van der Waals surface area contributed by atoms with E-state index in [0.29, 0.717) is 23.9 Å². The summed E-state index contributed by atoms with van der Waals surface area (Å²) in [5, 5.41) is 1.67. The maximum absolute atomic E-state index is 6.16. The van der Waals surface area contributed by atoms with E-state index in [1.807, 2.05) is 31.3 Å². The van der Waals surface area contributed by atoms with Crippen LogP contribution in [-0.4, -0.2) is 11.5 Å². The molecule has 1 heterocycles. The van der Waals surface area contributed by atoms with E-state index in [0.717, 1.165) is 21.9 Å². The highest BCUT2D eigenvalue weighted by molar-refractivity contribution is 7.11. The molecule has 0 saturated heterocycles. The molecule has 0 spiro atoms. The molecule has 0 radical (unpaired) electrons. The lowest BCUT2D eigenvalue weighted by Gasteiger charge is -2.08. The first-order valence-corrected chi connectivity index (χ1v) is 6.91. The Kier molecular flexibility index (Phi) is 4.58. The number of thiazole rings is 1. The molecule has 0 aliphatic heterocycles. The normalized spacial score (nSPS) is 10.6. The third-order valence-corrected chi connectivity index (χ3v) is 3.65. The quantitative estimate of drug-likeness (QED) is 0.916. The second-order valence-corrected chi connectivity index (χ2v) is 5.66. The zero-order chi connectivity index (χ0) is 13.0. The van der Waals surface area contributed by atoms with Gasteiger partial charge < -0.3 is 10.5 Å². The second-order valence-electron chi connectivity index (χ2n) is 3.94. The van der Waals surface area contributed by atoms with E-state index >= 15 is 0 Å². The van der Waals surface area contributed by atoms with E-state index in [1.165, 1.54) is 0 Å². The molecular weight excluding hydrogens is 268 g/mol. The van der Waals surface area contributed by atoms with Crippen molar-refractivity contribution in [1.82, 2.24) is 4.98 Å². The molecule has 3 nitrogen and oxygen atoms in total. The average Bonchev–Trinajstić information content (AvgIpc) is 2.74. The van der Waals surface area contributed by atoms with Gasteiger partial charge in [0.1, 0.15) is 12.4 Å². The van der Waals surface area contributed by atoms with Crippen molar-refractivity contribution < 1.29 is 4.74 Å². The summed E-state index contributed by atoms with van der Waals surface area (Å²) >= 11 is 7.79. The Morgan fingerprint density at radius 3 is 2.89 bits per heavy atom. The molecule has 96 valence electrons. The molecule has 0 aliphatic carbocycles. The number of benzene rings is 1. The Morgan fingerprint density at radius 1 is 1.44 bits per heavy atom. The topological polar surface area (TPSA) is 48.1 Å². The Morgan fingerprint density at radius 2 is 2.28 bits per heavy atom. The number of nitrogens with two attached hydrogens (primary N) is 1. The van der Waals surface area contributed by atoms with Crippen LogP contribution in [0.3, 0.4) is 0 Å². The molecule has 5 heteroatoms. The van der Waals surface area contributed by atoms with Crippen molar-refractivity contribution in [3.63, 3.8) is 0 Å². The van der Waals surface area contributed by atoms with Crippen LogP contribution in [0.1, 0.15) is 15.4 Å².